The van der Waals surface area contributed by atoms with Gasteiger partial charge in [0, 0.05) is 0 Å². The molecule has 3 N–H and O–H groups in total. The SMILES string of the molecule is Cc1nn(CC(=O)O)c(C)c1S(=O)(=O)NCC(F)(F)CO. The van der Waals surface area contributed by atoms with Crippen LogP contribution in [0.4, 0.5) is 8.78 Å². The van der Waals surface area contributed by atoms with Gasteiger partial charge in [-0.15, -0.1) is 0 Å². The van der Waals surface area contributed by atoms with Gasteiger partial charge in [-0.2, -0.15) is 5.10 Å². The van der Waals surface area contributed by atoms with Gasteiger partial charge in [-0.05, 0) is 13.8 Å². The summed E-state index contributed by atoms with van der Waals surface area (Å²) in [7, 11) is -4.30. The highest BCUT2D eigenvalue weighted by Crippen LogP contribution is 2.20. The van der Waals surface area contributed by atoms with Crippen molar-refractivity contribution in [1.82, 2.24) is 14.5 Å². The number of carbonyl (C=O) groups is 1. The summed E-state index contributed by atoms with van der Waals surface area (Å²) in [4.78, 5) is 10.3. The molecule has 0 aliphatic carbocycles. The first-order valence-electron chi connectivity index (χ1n) is 5.74. The molecule has 1 rings (SSSR count). The van der Waals surface area contributed by atoms with E-state index in [1.165, 1.54) is 13.8 Å². The highest BCUT2D eigenvalue weighted by atomic mass is 32.2. The van der Waals surface area contributed by atoms with Crippen molar-refractivity contribution in [3.05, 3.63) is 11.4 Å². The predicted molar refractivity (Wildman–Crippen MR) is 66.6 cm³/mol. The van der Waals surface area contributed by atoms with E-state index in [2.05, 4.69) is 5.10 Å². The van der Waals surface area contributed by atoms with E-state index in [0.29, 0.717) is 0 Å². The number of nitrogens with one attached hydrogen (secondary N) is 1. The molecule has 0 radical (unpaired) electrons. The lowest BCUT2D eigenvalue weighted by Crippen LogP contribution is -2.39. The molecule has 11 heteroatoms. The highest BCUT2D eigenvalue weighted by molar-refractivity contribution is 7.89. The van der Waals surface area contributed by atoms with Crippen molar-refractivity contribution in [2.75, 3.05) is 13.2 Å². The Morgan fingerprint density at radius 2 is 2.00 bits per heavy atom. The van der Waals surface area contributed by atoms with Crippen LogP contribution in [0.15, 0.2) is 4.90 Å². The molecule has 1 heterocycles. The number of alkyl halides is 2. The van der Waals surface area contributed by atoms with E-state index >= 15 is 0 Å². The van der Waals surface area contributed by atoms with E-state index in [0.717, 1.165) is 4.68 Å². The van der Waals surface area contributed by atoms with Gasteiger partial charge in [0.2, 0.25) is 10.0 Å². The van der Waals surface area contributed by atoms with E-state index < -0.39 is 41.6 Å². The van der Waals surface area contributed by atoms with Crippen molar-refractivity contribution in [2.45, 2.75) is 31.2 Å². The van der Waals surface area contributed by atoms with Crippen LogP contribution in [0.2, 0.25) is 0 Å². The Labute approximate surface area is 119 Å². The summed E-state index contributed by atoms with van der Waals surface area (Å²) in [5.74, 6) is -4.81. The number of nitrogens with zero attached hydrogens (tertiary/aromatic N) is 2. The van der Waals surface area contributed by atoms with E-state index in [9.17, 15) is 22.0 Å². The third-order valence-corrected chi connectivity index (χ3v) is 4.27. The molecule has 0 bridgehead atoms. The van der Waals surface area contributed by atoms with Crippen molar-refractivity contribution in [3.8, 4) is 0 Å². The van der Waals surface area contributed by atoms with Crippen molar-refractivity contribution < 1.29 is 32.2 Å². The van der Waals surface area contributed by atoms with Crippen LogP contribution in [0.3, 0.4) is 0 Å². The molecule has 0 fully saturated rings. The van der Waals surface area contributed by atoms with Gasteiger partial charge in [-0.25, -0.2) is 21.9 Å². The molecule has 0 aliphatic heterocycles. The number of carboxylic acids is 1. The second-order valence-corrected chi connectivity index (χ2v) is 6.09. The predicted octanol–water partition coefficient (Wildman–Crippen LogP) is -0.510. The van der Waals surface area contributed by atoms with Gasteiger partial charge in [-0.1, -0.05) is 0 Å². The van der Waals surface area contributed by atoms with E-state index in [-0.39, 0.29) is 16.3 Å². The van der Waals surface area contributed by atoms with Gasteiger partial charge in [-0.3, -0.25) is 9.48 Å². The summed E-state index contributed by atoms with van der Waals surface area (Å²) in [6.45, 7) is -0.665. The van der Waals surface area contributed by atoms with Crippen molar-refractivity contribution in [1.29, 1.82) is 0 Å². The highest BCUT2D eigenvalue weighted by Gasteiger charge is 2.32. The number of sulfonamides is 1. The maximum Gasteiger partial charge on any atom is 0.325 e. The molecule has 0 aromatic carbocycles. The summed E-state index contributed by atoms with van der Waals surface area (Å²) < 4.78 is 52.5. The maximum atomic E-state index is 12.9. The average Bonchev–Trinajstić information content (AvgIpc) is 2.62. The Hall–Kier alpha value is -1.59. The van der Waals surface area contributed by atoms with Crippen LogP contribution in [0.1, 0.15) is 11.4 Å². The zero-order valence-corrected chi connectivity index (χ0v) is 12.1. The molecule has 0 saturated heterocycles. The Morgan fingerprint density at radius 3 is 2.48 bits per heavy atom. The molecule has 0 spiro atoms. The summed E-state index contributed by atoms with van der Waals surface area (Å²) in [5, 5.41) is 20.9. The van der Waals surface area contributed by atoms with Crippen LogP contribution in [0.25, 0.3) is 0 Å². The fraction of sp³-hybridized carbons (Fsp3) is 0.600. The first-order chi connectivity index (χ1) is 9.50. The topological polar surface area (TPSA) is 122 Å². The van der Waals surface area contributed by atoms with Gasteiger partial charge in [0.25, 0.3) is 5.92 Å². The normalized spacial score (nSPS) is 12.6. The molecule has 21 heavy (non-hydrogen) atoms. The van der Waals surface area contributed by atoms with Crippen LogP contribution >= 0.6 is 0 Å². The van der Waals surface area contributed by atoms with Crippen LogP contribution in [-0.2, 0) is 21.4 Å². The maximum absolute atomic E-state index is 12.9. The Morgan fingerprint density at radius 1 is 1.43 bits per heavy atom. The van der Waals surface area contributed by atoms with E-state index in [4.69, 9.17) is 10.2 Å². The number of carboxylic acid groups (broad SMARTS) is 1. The Bertz CT molecular complexity index is 641. The zero-order valence-electron chi connectivity index (χ0n) is 11.3. The molecule has 8 nitrogen and oxygen atoms in total. The molecule has 0 saturated carbocycles. The van der Waals surface area contributed by atoms with Gasteiger partial charge in [0.15, 0.2) is 0 Å². The molecule has 120 valence electrons. The number of halogens is 2. The number of aliphatic carboxylic acids is 1. The Kier molecular flexibility index (Phi) is 5.02. The average molecular weight is 327 g/mol. The number of hydrogen-bond donors (Lipinski definition) is 3. The molecule has 1 aromatic heterocycles. The van der Waals surface area contributed by atoms with Gasteiger partial charge < -0.3 is 10.2 Å². The lowest BCUT2D eigenvalue weighted by Gasteiger charge is -2.14. The summed E-state index contributed by atoms with van der Waals surface area (Å²) in [6, 6.07) is 0. The lowest BCUT2D eigenvalue weighted by molar-refractivity contribution is -0.137. The monoisotopic (exact) mass is 327 g/mol. The summed E-state index contributed by atoms with van der Waals surface area (Å²) >= 11 is 0. The minimum absolute atomic E-state index is 0.00596. The molecule has 0 unspecified atom stereocenters. The summed E-state index contributed by atoms with van der Waals surface area (Å²) in [6.07, 6.45) is 0. The fourth-order valence-electron chi connectivity index (χ4n) is 1.68. The number of aryl methyl sites for hydroxylation is 1. The number of aromatic nitrogens is 2. The third-order valence-electron chi connectivity index (χ3n) is 2.62. The second kappa shape index (κ2) is 6.03. The first-order valence-corrected chi connectivity index (χ1v) is 7.22. The molecule has 0 amide bonds. The number of aliphatic hydroxyl groups excluding tert-OH is 1. The zero-order chi connectivity index (χ0) is 16.4. The molecule has 0 aliphatic rings. The van der Waals surface area contributed by atoms with Crippen LogP contribution in [-0.4, -0.2) is 53.5 Å². The number of aliphatic hydroxyl groups is 1. The molecule has 1 aromatic rings. The summed E-state index contributed by atoms with van der Waals surface area (Å²) in [5.41, 5.74) is 0.0169. The largest absolute Gasteiger partial charge is 0.480 e. The molecular formula is C10H15F2N3O5S. The standard InChI is InChI=1S/C10H15F2N3O5S/c1-6-9(7(2)15(14-6)3-8(17)18)21(19,20)13-4-10(11,12)5-16/h13,16H,3-5H2,1-2H3,(H,17,18). The quantitative estimate of drug-likeness (QED) is 0.620. The van der Waals surface area contributed by atoms with Gasteiger partial charge in [0.05, 0.1) is 17.9 Å². The molecule has 0 atom stereocenters. The van der Waals surface area contributed by atoms with Crippen LogP contribution in [0, 0.1) is 13.8 Å². The van der Waals surface area contributed by atoms with Crippen molar-refractivity contribution in [3.63, 3.8) is 0 Å². The smallest absolute Gasteiger partial charge is 0.325 e. The fourth-order valence-corrected chi connectivity index (χ4v) is 3.15. The van der Waals surface area contributed by atoms with Gasteiger partial charge >= 0.3 is 5.97 Å². The minimum Gasteiger partial charge on any atom is -0.480 e. The first kappa shape index (κ1) is 17.5. The van der Waals surface area contributed by atoms with Crippen LogP contribution < -0.4 is 4.72 Å². The van der Waals surface area contributed by atoms with E-state index in [1.54, 1.807) is 4.72 Å². The van der Waals surface area contributed by atoms with Crippen molar-refractivity contribution >= 4 is 16.0 Å². The van der Waals surface area contributed by atoms with Gasteiger partial charge in [0.1, 0.15) is 18.0 Å². The van der Waals surface area contributed by atoms with E-state index in [1.807, 2.05) is 0 Å². The van der Waals surface area contributed by atoms with Crippen LogP contribution in [0.5, 0.6) is 0 Å². The second-order valence-electron chi connectivity index (χ2n) is 4.39. The third kappa shape index (κ3) is 4.19. The Balaban J connectivity index is 3.09. The van der Waals surface area contributed by atoms with Crippen molar-refractivity contribution in [2.24, 2.45) is 0 Å². The minimum atomic E-state index is -4.30. The number of rotatable bonds is 7. The molecular weight excluding hydrogens is 312 g/mol. The lowest BCUT2D eigenvalue weighted by atomic mass is 10.4. The number of hydrogen-bond acceptors (Lipinski definition) is 5.